The Morgan fingerprint density at radius 2 is 2.15 bits per heavy atom. The minimum absolute atomic E-state index is 0.00223. The predicted molar refractivity (Wildman–Crippen MR) is 68.6 cm³/mol. The number of nitrogens with one attached hydrogen (secondary N) is 2. The van der Waals surface area contributed by atoms with Crippen molar-refractivity contribution in [1.82, 2.24) is 15.3 Å². The minimum atomic E-state index is -1.51. The largest absolute Gasteiger partial charge is 0.481 e. The van der Waals surface area contributed by atoms with Crippen molar-refractivity contribution in [3.05, 3.63) is 11.8 Å². The molecule has 0 aromatic carbocycles. The Kier molecular flexibility index (Phi) is 5.66. The molecule has 1 atom stereocenters. The van der Waals surface area contributed by atoms with E-state index < -0.39 is 18.1 Å². The molecule has 0 saturated heterocycles. The van der Waals surface area contributed by atoms with Crippen LogP contribution < -0.4 is 15.4 Å². The highest BCUT2D eigenvalue weighted by atomic mass is 16.5. The molecule has 2 amide bonds. The summed E-state index contributed by atoms with van der Waals surface area (Å²) in [6, 6.07) is 1.00. The second-order valence-electron chi connectivity index (χ2n) is 3.90. The molecular formula is C11H16N4O5. The minimum Gasteiger partial charge on any atom is -0.481 e. The zero-order valence-electron chi connectivity index (χ0n) is 11.1. The van der Waals surface area contributed by atoms with Crippen molar-refractivity contribution in [3.63, 3.8) is 0 Å². The number of urea groups is 1. The number of amides is 2. The average Bonchev–Trinajstić information content (AvgIpc) is 2.37. The number of rotatable bonds is 6. The van der Waals surface area contributed by atoms with Gasteiger partial charge in [-0.15, -0.1) is 0 Å². The van der Waals surface area contributed by atoms with E-state index in [9.17, 15) is 9.59 Å². The third-order valence-corrected chi connectivity index (χ3v) is 2.25. The Hall–Kier alpha value is -2.42. The fraction of sp³-hybridized carbons (Fsp3) is 0.455. The normalized spacial score (nSPS) is 11.6. The molecule has 110 valence electrons. The van der Waals surface area contributed by atoms with Crippen molar-refractivity contribution in [2.45, 2.75) is 19.4 Å². The summed E-state index contributed by atoms with van der Waals surface area (Å²) in [6.07, 6.45) is -1.61. The van der Waals surface area contributed by atoms with Crippen molar-refractivity contribution < 1.29 is 24.5 Å². The van der Waals surface area contributed by atoms with Crippen LogP contribution in [0.25, 0.3) is 0 Å². The number of ether oxygens (including phenoxy) is 1. The molecule has 0 spiro atoms. The van der Waals surface area contributed by atoms with Crippen LogP contribution >= 0.6 is 0 Å². The zero-order valence-corrected chi connectivity index (χ0v) is 11.1. The van der Waals surface area contributed by atoms with Crippen LogP contribution in [-0.4, -0.2) is 51.9 Å². The highest BCUT2D eigenvalue weighted by molar-refractivity contribution is 5.87. The van der Waals surface area contributed by atoms with Crippen molar-refractivity contribution in [2.24, 2.45) is 0 Å². The molecule has 1 unspecified atom stereocenters. The zero-order chi connectivity index (χ0) is 15.1. The molecule has 1 rings (SSSR count). The van der Waals surface area contributed by atoms with Gasteiger partial charge in [-0.1, -0.05) is 0 Å². The molecule has 4 N–H and O–H groups in total. The number of aliphatic hydroxyl groups is 1. The Bertz CT molecular complexity index is 494. The van der Waals surface area contributed by atoms with Crippen LogP contribution in [0.1, 0.15) is 12.1 Å². The summed E-state index contributed by atoms with van der Waals surface area (Å²) in [6.45, 7) is 1.72. The number of carboxylic acids is 1. The van der Waals surface area contributed by atoms with Crippen molar-refractivity contribution in [1.29, 1.82) is 0 Å². The second kappa shape index (κ2) is 7.24. The molecule has 1 aromatic rings. The van der Waals surface area contributed by atoms with Gasteiger partial charge in [-0.05, 0) is 6.92 Å². The van der Waals surface area contributed by atoms with E-state index in [1.54, 1.807) is 13.0 Å². The second-order valence-corrected chi connectivity index (χ2v) is 3.90. The fourth-order valence-corrected chi connectivity index (χ4v) is 1.29. The number of carboxylic acid groups (broad SMARTS) is 1. The Labute approximate surface area is 115 Å². The summed E-state index contributed by atoms with van der Waals surface area (Å²) >= 11 is 0. The van der Waals surface area contributed by atoms with Gasteiger partial charge in [0.2, 0.25) is 11.8 Å². The van der Waals surface area contributed by atoms with Gasteiger partial charge in [0, 0.05) is 24.7 Å². The molecule has 9 nitrogen and oxygen atoms in total. The number of nitrogens with zero attached hydrogens (tertiary/aromatic N) is 2. The molecule has 0 aliphatic rings. The van der Waals surface area contributed by atoms with E-state index in [1.165, 1.54) is 7.11 Å². The molecule has 0 bridgehead atoms. The number of methoxy groups -OCH3 is 1. The maximum absolute atomic E-state index is 11.5. The summed E-state index contributed by atoms with van der Waals surface area (Å²) in [5.41, 5.74) is 0.619. The van der Waals surface area contributed by atoms with Gasteiger partial charge in [-0.2, -0.15) is 4.98 Å². The van der Waals surface area contributed by atoms with Gasteiger partial charge in [-0.25, -0.2) is 14.6 Å². The lowest BCUT2D eigenvalue weighted by atomic mass is 10.2. The third-order valence-electron chi connectivity index (χ3n) is 2.25. The summed E-state index contributed by atoms with van der Waals surface area (Å²) in [7, 11) is 1.44. The topological polar surface area (TPSA) is 134 Å². The van der Waals surface area contributed by atoms with Crippen molar-refractivity contribution >= 4 is 17.9 Å². The van der Waals surface area contributed by atoms with Gasteiger partial charge in [0.05, 0.1) is 7.11 Å². The molecule has 9 heteroatoms. The Morgan fingerprint density at radius 3 is 2.75 bits per heavy atom. The maximum Gasteiger partial charge on any atom is 0.332 e. The number of aliphatic carboxylic acids is 1. The summed E-state index contributed by atoms with van der Waals surface area (Å²) in [4.78, 5) is 29.8. The third kappa shape index (κ3) is 5.06. The predicted octanol–water partition coefficient (Wildman–Crippen LogP) is -0.249. The average molecular weight is 284 g/mol. The highest BCUT2D eigenvalue weighted by Crippen LogP contribution is 2.10. The fourth-order valence-electron chi connectivity index (χ4n) is 1.29. The maximum atomic E-state index is 11.5. The van der Waals surface area contributed by atoms with Crippen LogP contribution in [0, 0.1) is 6.92 Å². The van der Waals surface area contributed by atoms with E-state index in [4.69, 9.17) is 14.9 Å². The number of hydrogen-bond donors (Lipinski definition) is 4. The molecule has 20 heavy (non-hydrogen) atoms. The molecular weight excluding hydrogens is 268 g/mol. The van der Waals surface area contributed by atoms with Crippen LogP contribution in [-0.2, 0) is 4.79 Å². The lowest BCUT2D eigenvalue weighted by molar-refractivity contribution is -0.146. The van der Waals surface area contributed by atoms with E-state index in [0.717, 1.165) is 0 Å². The molecule has 0 radical (unpaired) electrons. The summed E-state index contributed by atoms with van der Waals surface area (Å²) < 4.78 is 4.94. The van der Waals surface area contributed by atoms with Gasteiger partial charge < -0.3 is 20.3 Å². The first-order chi connectivity index (χ1) is 9.42. The van der Waals surface area contributed by atoms with Gasteiger partial charge >= 0.3 is 12.0 Å². The number of aliphatic hydroxyl groups excluding tert-OH is 1. The van der Waals surface area contributed by atoms with Crippen LogP contribution in [0.2, 0.25) is 0 Å². The van der Waals surface area contributed by atoms with Crippen LogP contribution in [0.4, 0.5) is 10.7 Å². The highest BCUT2D eigenvalue weighted by Gasteiger charge is 2.13. The standard InChI is InChI=1S/C11H16N4O5/c1-6-5-8(20-2)14-10(13-6)15-11(19)12-4-3-7(16)9(17)18/h5,7,16H,3-4H2,1-2H3,(H,17,18)(H2,12,13,14,15,19). The van der Waals surface area contributed by atoms with Gasteiger partial charge in [0.25, 0.3) is 0 Å². The summed E-state index contributed by atoms with van der Waals surface area (Å²) in [5.74, 6) is -0.953. The lowest BCUT2D eigenvalue weighted by Gasteiger charge is -2.09. The van der Waals surface area contributed by atoms with Crippen LogP contribution in [0.3, 0.4) is 0 Å². The molecule has 0 aliphatic carbocycles. The number of carbonyl (C=O) groups excluding carboxylic acids is 1. The summed E-state index contributed by atoms with van der Waals surface area (Å²) in [5, 5.41) is 22.2. The number of aryl methyl sites for hydroxylation is 1. The molecule has 1 heterocycles. The molecule has 0 fully saturated rings. The van der Waals surface area contributed by atoms with Crippen LogP contribution in [0.15, 0.2) is 6.07 Å². The molecule has 0 saturated carbocycles. The quantitative estimate of drug-likeness (QED) is 0.566. The van der Waals surface area contributed by atoms with E-state index in [0.29, 0.717) is 11.6 Å². The number of hydrogen-bond acceptors (Lipinski definition) is 6. The lowest BCUT2D eigenvalue weighted by Crippen LogP contribution is -2.33. The van der Waals surface area contributed by atoms with E-state index in [1.807, 2.05) is 0 Å². The Balaban J connectivity index is 2.46. The first-order valence-electron chi connectivity index (χ1n) is 5.77. The number of carbonyl (C=O) groups is 2. The number of anilines is 1. The SMILES string of the molecule is COc1cc(C)nc(NC(=O)NCCC(O)C(=O)O)n1. The first-order valence-corrected chi connectivity index (χ1v) is 5.77. The van der Waals surface area contributed by atoms with Crippen LogP contribution in [0.5, 0.6) is 5.88 Å². The van der Waals surface area contributed by atoms with Gasteiger partial charge in [0.15, 0.2) is 6.10 Å². The monoisotopic (exact) mass is 284 g/mol. The molecule has 0 aliphatic heterocycles. The smallest absolute Gasteiger partial charge is 0.332 e. The molecule has 1 aromatic heterocycles. The number of aromatic nitrogens is 2. The first kappa shape index (κ1) is 15.6. The van der Waals surface area contributed by atoms with Gasteiger partial charge in [-0.3, -0.25) is 5.32 Å². The van der Waals surface area contributed by atoms with E-state index in [2.05, 4.69) is 20.6 Å². The van der Waals surface area contributed by atoms with Crippen molar-refractivity contribution in [3.8, 4) is 5.88 Å². The van der Waals surface area contributed by atoms with Gasteiger partial charge in [0.1, 0.15) is 0 Å². The van der Waals surface area contributed by atoms with E-state index in [-0.39, 0.29) is 18.9 Å². The Morgan fingerprint density at radius 1 is 1.45 bits per heavy atom. The van der Waals surface area contributed by atoms with E-state index >= 15 is 0 Å². The van der Waals surface area contributed by atoms with Crippen molar-refractivity contribution in [2.75, 3.05) is 19.0 Å².